The van der Waals surface area contributed by atoms with E-state index in [-0.39, 0.29) is 11.5 Å². The fourth-order valence-corrected chi connectivity index (χ4v) is 0.934. The normalized spacial score (nSPS) is 9.70. The smallest absolute Gasteiger partial charge is 0.269 e. The minimum atomic E-state index is -0.615. The number of amides is 1. The quantitative estimate of drug-likeness (QED) is 0.594. The summed E-state index contributed by atoms with van der Waals surface area (Å²) in [4.78, 5) is 16.7. The Labute approximate surface area is 64.9 Å². The minimum Gasteiger partial charge on any atom is -0.382 e. The van der Waals surface area contributed by atoms with Crippen LogP contribution in [0, 0.1) is 0 Å². The van der Waals surface area contributed by atoms with Gasteiger partial charge in [0, 0.05) is 0 Å². The second-order valence-electron chi connectivity index (χ2n) is 1.65. The number of primary amides is 1. The second kappa shape index (κ2) is 2.30. The zero-order valence-electron chi connectivity index (χ0n) is 4.89. The third kappa shape index (κ3) is 1.10. The molecule has 0 radical (unpaired) electrons. The third-order valence-electron chi connectivity index (χ3n) is 0.949. The van der Waals surface area contributed by atoms with E-state index in [4.69, 9.17) is 11.5 Å². The van der Waals surface area contributed by atoms with Gasteiger partial charge in [0.25, 0.3) is 5.91 Å². The van der Waals surface area contributed by atoms with Gasteiger partial charge in [0.2, 0.25) is 0 Å². The Morgan fingerprint density at radius 2 is 2.30 bits per heavy atom. The molecule has 54 valence electrons. The molecule has 0 aliphatic heterocycles. The maximum Gasteiger partial charge on any atom is 0.269 e. The van der Waals surface area contributed by atoms with Crippen molar-refractivity contribution in [3.8, 4) is 0 Å². The van der Waals surface area contributed by atoms with E-state index in [0.29, 0.717) is 4.73 Å². The van der Waals surface area contributed by atoms with Crippen LogP contribution in [0.25, 0.3) is 0 Å². The zero-order valence-corrected chi connectivity index (χ0v) is 6.47. The van der Waals surface area contributed by atoms with Crippen molar-refractivity contribution < 1.29 is 4.79 Å². The van der Waals surface area contributed by atoms with Gasteiger partial charge in [0.1, 0.15) is 5.69 Å². The van der Waals surface area contributed by atoms with Gasteiger partial charge in [-0.1, -0.05) is 0 Å². The molecule has 1 heterocycles. The summed E-state index contributed by atoms with van der Waals surface area (Å²) < 4.78 is 0.402. The van der Waals surface area contributed by atoms with E-state index in [9.17, 15) is 4.79 Å². The van der Waals surface area contributed by atoms with Crippen LogP contribution in [0.15, 0.2) is 4.73 Å². The molecule has 5 nitrogen and oxygen atoms in total. The Morgan fingerprint density at radius 1 is 1.70 bits per heavy atom. The molecule has 0 aliphatic rings. The summed E-state index contributed by atoms with van der Waals surface area (Å²) in [7, 11) is 0. The average Bonchev–Trinajstić information content (AvgIpc) is 2.10. The molecular formula is C4H5BrN4O. The Hall–Kier alpha value is -1.04. The van der Waals surface area contributed by atoms with Gasteiger partial charge in [-0.3, -0.25) is 4.79 Å². The van der Waals surface area contributed by atoms with Crippen LogP contribution in [-0.4, -0.2) is 15.9 Å². The summed E-state index contributed by atoms with van der Waals surface area (Å²) in [5.74, 6) is -0.505. The first-order valence-corrected chi connectivity index (χ1v) is 3.21. The summed E-state index contributed by atoms with van der Waals surface area (Å²) in [6.07, 6.45) is 0. The van der Waals surface area contributed by atoms with E-state index in [1.807, 2.05) is 0 Å². The average molecular weight is 205 g/mol. The van der Waals surface area contributed by atoms with Crippen molar-refractivity contribution in [2.45, 2.75) is 0 Å². The second-order valence-corrected chi connectivity index (χ2v) is 2.40. The maximum absolute atomic E-state index is 10.5. The summed E-state index contributed by atoms with van der Waals surface area (Å²) in [5.41, 5.74) is 10.3. The van der Waals surface area contributed by atoms with Gasteiger partial charge >= 0.3 is 0 Å². The van der Waals surface area contributed by atoms with Crippen LogP contribution < -0.4 is 11.5 Å². The molecule has 1 aromatic rings. The van der Waals surface area contributed by atoms with Crippen LogP contribution in [-0.2, 0) is 0 Å². The first kappa shape index (κ1) is 7.07. The maximum atomic E-state index is 10.5. The van der Waals surface area contributed by atoms with Crippen LogP contribution in [0.5, 0.6) is 0 Å². The molecule has 0 saturated heterocycles. The Balaban J connectivity index is 3.15. The number of nitrogens with zero attached hydrogens (tertiary/aromatic N) is 1. The fourth-order valence-electron chi connectivity index (χ4n) is 0.545. The van der Waals surface area contributed by atoms with Crippen molar-refractivity contribution in [3.05, 3.63) is 10.4 Å². The molecular weight excluding hydrogens is 200 g/mol. The number of hydrogen-bond donors (Lipinski definition) is 3. The van der Waals surface area contributed by atoms with E-state index in [1.165, 1.54) is 0 Å². The number of carbonyl (C=O) groups is 1. The van der Waals surface area contributed by atoms with Crippen molar-refractivity contribution in [2.24, 2.45) is 5.73 Å². The van der Waals surface area contributed by atoms with E-state index in [1.54, 1.807) is 0 Å². The van der Waals surface area contributed by atoms with Crippen molar-refractivity contribution in [2.75, 3.05) is 5.73 Å². The standard InChI is InChI=1S/C4H5BrN4O/c5-4-8-1(3(7)10)2(6)9-4/h6H2,(H2,7,10)(H,8,9). The van der Waals surface area contributed by atoms with Gasteiger partial charge in [-0.2, -0.15) is 0 Å². The Bertz CT molecular complexity index is 268. The predicted octanol–water partition coefficient (Wildman–Crippen LogP) is -0.147. The number of carbonyl (C=O) groups excluding carboxylic acids is 1. The van der Waals surface area contributed by atoms with Crippen LogP contribution in [0.1, 0.15) is 10.5 Å². The van der Waals surface area contributed by atoms with Gasteiger partial charge in [-0.25, -0.2) is 4.98 Å². The van der Waals surface area contributed by atoms with E-state index < -0.39 is 5.91 Å². The van der Waals surface area contributed by atoms with Crippen molar-refractivity contribution in [1.29, 1.82) is 0 Å². The summed E-state index contributed by atoms with van der Waals surface area (Å²) in [6, 6.07) is 0. The number of rotatable bonds is 1. The van der Waals surface area contributed by atoms with Gasteiger partial charge in [-0.15, -0.1) is 0 Å². The van der Waals surface area contributed by atoms with Crippen molar-refractivity contribution in [1.82, 2.24) is 9.97 Å². The van der Waals surface area contributed by atoms with E-state index >= 15 is 0 Å². The van der Waals surface area contributed by atoms with Crippen LogP contribution in [0.2, 0.25) is 0 Å². The first-order valence-electron chi connectivity index (χ1n) is 2.42. The Morgan fingerprint density at radius 3 is 2.50 bits per heavy atom. The molecule has 1 aromatic heterocycles. The summed E-state index contributed by atoms with van der Waals surface area (Å²) in [6.45, 7) is 0. The van der Waals surface area contributed by atoms with Crippen LogP contribution in [0.4, 0.5) is 5.82 Å². The lowest BCUT2D eigenvalue weighted by molar-refractivity contribution is 0.0997. The molecule has 6 heteroatoms. The lowest BCUT2D eigenvalue weighted by atomic mass is 10.4. The molecule has 10 heavy (non-hydrogen) atoms. The number of anilines is 1. The lowest BCUT2D eigenvalue weighted by Gasteiger charge is -1.87. The number of nitrogens with one attached hydrogen (secondary N) is 1. The predicted molar refractivity (Wildman–Crippen MR) is 39.2 cm³/mol. The highest BCUT2D eigenvalue weighted by Gasteiger charge is 2.09. The highest BCUT2D eigenvalue weighted by Crippen LogP contribution is 2.11. The third-order valence-corrected chi connectivity index (χ3v) is 1.32. The molecule has 0 unspecified atom stereocenters. The SMILES string of the molecule is NC(=O)c1[nH]c(Br)nc1N. The van der Waals surface area contributed by atoms with Crippen molar-refractivity contribution in [3.63, 3.8) is 0 Å². The number of imidazole rings is 1. The molecule has 1 amide bonds. The molecule has 0 fully saturated rings. The number of aromatic nitrogens is 2. The number of H-pyrrole nitrogens is 1. The molecule has 1 rings (SSSR count). The highest BCUT2D eigenvalue weighted by molar-refractivity contribution is 9.10. The van der Waals surface area contributed by atoms with E-state index in [2.05, 4.69) is 25.9 Å². The molecule has 0 atom stereocenters. The van der Waals surface area contributed by atoms with Crippen molar-refractivity contribution >= 4 is 27.7 Å². The number of nitrogens with two attached hydrogens (primary N) is 2. The summed E-state index contributed by atoms with van der Waals surface area (Å²) in [5, 5.41) is 0. The van der Waals surface area contributed by atoms with E-state index in [0.717, 1.165) is 0 Å². The molecule has 5 N–H and O–H groups in total. The molecule has 0 aromatic carbocycles. The van der Waals surface area contributed by atoms with Gasteiger partial charge in [-0.05, 0) is 15.9 Å². The molecule has 0 saturated carbocycles. The van der Waals surface area contributed by atoms with Gasteiger partial charge in [0.15, 0.2) is 10.6 Å². The molecule has 0 aliphatic carbocycles. The topological polar surface area (TPSA) is 97.8 Å². The number of halogens is 1. The first-order chi connectivity index (χ1) is 4.61. The number of hydrogen-bond acceptors (Lipinski definition) is 3. The fraction of sp³-hybridized carbons (Fsp3) is 0. The summed E-state index contributed by atoms with van der Waals surface area (Å²) >= 11 is 3.00. The molecule has 0 spiro atoms. The monoisotopic (exact) mass is 204 g/mol. The highest BCUT2D eigenvalue weighted by atomic mass is 79.9. The number of nitrogen functional groups attached to an aromatic ring is 1. The number of aromatic amines is 1. The lowest BCUT2D eigenvalue weighted by Crippen LogP contribution is -2.13. The van der Waals surface area contributed by atoms with Crippen LogP contribution in [0.3, 0.4) is 0 Å². The molecule has 0 bridgehead atoms. The van der Waals surface area contributed by atoms with Gasteiger partial charge in [0.05, 0.1) is 0 Å². The van der Waals surface area contributed by atoms with Gasteiger partial charge < -0.3 is 16.5 Å². The largest absolute Gasteiger partial charge is 0.382 e. The minimum absolute atomic E-state index is 0.111. The zero-order chi connectivity index (χ0) is 7.72. The van der Waals surface area contributed by atoms with Crippen LogP contribution >= 0.6 is 15.9 Å². The Kier molecular flexibility index (Phi) is 1.62.